The average molecular weight is 367 g/mol. The number of carbonyl (C=O) groups is 1. The number of carbonyl (C=O) groups excluding carboxylic acids is 1. The molecule has 1 amide bonds. The zero-order valence-electron chi connectivity index (χ0n) is 16.2. The zero-order valence-corrected chi connectivity index (χ0v) is 16.2. The molecule has 0 aliphatic heterocycles. The summed E-state index contributed by atoms with van der Waals surface area (Å²) < 4.78 is 3.71. The molecule has 0 spiro atoms. The largest absolute Gasteiger partial charge is 0.352 e. The Balaban J connectivity index is 1.60. The maximum absolute atomic E-state index is 12.5. The second-order valence-electron chi connectivity index (χ2n) is 6.88. The molecule has 1 N–H and O–H groups in total. The molecule has 27 heavy (non-hydrogen) atoms. The highest BCUT2D eigenvalue weighted by atomic mass is 16.1. The molecule has 8 heteroatoms. The van der Waals surface area contributed by atoms with Gasteiger partial charge in [0, 0.05) is 29.9 Å². The highest BCUT2D eigenvalue weighted by Crippen LogP contribution is 2.20. The van der Waals surface area contributed by atoms with Crippen molar-refractivity contribution in [2.45, 2.75) is 46.7 Å². The van der Waals surface area contributed by atoms with Gasteiger partial charge in [0.1, 0.15) is 0 Å². The van der Waals surface area contributed by atoms with E-state index in [4.69, 9.17) is 0 Å². The van der Waals surface area contributed by atoms with Crippen molar-refractivity contribution in [2.24, 2.45) is 0 Å². The molecule has 1 aromatic carbocycles. The van der Waals surface area contributed by atoms with Crippen molar-refractivity contribution in [3.05, 3.63) is 47.3 Å². The minimum atomic E-state index is -0.103. The van der Waals surface area contributed by atoms with E-state index >= 15 is 0 Å². The Morgan fingerprint density at radius 3 is 2.74 bits per heavy atom. The van der Waals surface area contributed by atoms with Crippen LogP contribution in [0.2, 0.25) is 0 Å². The SMILES string of the molecule is Cc1cc(C)n(CCCNC(=O)c2cccc(-c3nnnn3C(C)C)c2)n1. The molecular weight excluding hydrogens is 342 g/mol. The fourth-order valence-corrected chi connectivity index (χ4v) is 2.97. The van der Waals surface area contributed by atoms with E-state index in [0.29, 0.717) is 17.9 Å². The second kappa shape index (κ2) is 8.11. The van der Waals surface area contributed by atoms with Crippen LogP contribution < -0.4 is 5.32 Å². The van der Waals surface area contributed by atoms with Crippen molar-refractivity contribution >= 4 is 5.91 Å². The highest BCUT2D eigenvalue weighted by molar-refractivity contribution is 5.95. The summed E-state index contributed by atoms with van der Waals surface area (Å²) in [5.74, 6) is 0.554. The van der Waals surface area contributed by atoms with E-state index in [1.165, 1.54) is 0 Å². The van der Waals surface area contributed by atoms with Crippen LogP contribution in [-0.2, 0) is 6.54 Å². The van der Waals surface area contributed by atoms with Crippen LogP contribution >= 0.6 is 0 Å². The number of amides is 1. The quantitative estimate of drug-likeness (QED) is 0.648. The Hall–Kier alpha value is -3.03. The monoisotopic (exact) mass is 367 g/mol. The first-order chi connectivity index (χ1) is 13.0. The predicted octanol–water partition coefficient (Wildman–Crippen LogP) is 2.55. The topological polar surface area (TPSA) is 90.5 Å². The minimum absolute atomic E-state index is 0.103. The van der Waals surface area contributed by atoms with Gasteiger partial charge in [0.05, 0.1) is 11.7 Å². The van der Waals surface area contributed by atoms with Crippen molar-refractivity contribution in [1.82, 2.24) is 35.3 Å². The van der Waals surface area contributed by atoms with Crippen molar-refractivity contribution in [3.63, 3.8) is 0 Å². The summed E-state index contributed by atoms with van der Waals surface area (Å²) in [6, 6.07) is 9.56. The minimum Gasteiger partial charge on any atom is -0.352 e. The number of nitrogens with zero attached hydrogens (tertiary/aromatic N) is 6. The first kappa shape index (κ1) is 18.8. The molecule has 0 bridgehead atoms. The van der Waals surface area contributed by atoms with Crippen LogP contribution in [-0.4, -0.2) is 42.4 Å². The van der Waals surface area contributed by atoms with E-state index in [1.807, 2.05) is 50.6 Å². The Labute approximate surface area is 158 Å². The standard InChI is InChI=1S/C19H25N7O/c1-13(2)26-18(21-23-24-26)16-7-5-8-17(12-16)19(27)20-9-6-10-25-15(4)11-14(3)22-25/h5,7-8,11-13H,6,9-10H2,1-4H3,(H,20,27). The van der Waals surface area contributed by atoms with Crippen LogP contribution in [0.25, 0.3) is 11.4 Å². The predicted molar refractivity (Wildman–Crippen MR) is 102 cm³/mol. The van der Waals surface area contributed by atoms with Crippen molar-refractivity contribution < 1.29 is 4.79 Å². The highest BCUT2D eigenvalue weighted by Gasteiger charge is 2.13. The molecule has 8 nitrogen and oxygen atoms in total. The van der Waals surface area contributed by atoms with E-state index in [9.17, 15) is 4.79 Å². The Bertz CT molecular complexity index is 926. The molecule has 2 heterocycles. The van der Waals surface area contributed by atoms with E-state index in [-0.39, 0.29) is 11.9 Å². The maximum Gasteiger partial charge on any atom is 0.251 e. The van der Waals surface area contributed by atoms with Gasteiger partial charge >= 0.3 is 0 Å². The number of aryl methyl sites for hydroxylation is 3. The molecule has 0 radical (unpaired) electrons. The smallest absolute Gasteiger partial charge is 0.251 e. The number of aromatic nitrogens is 6. The number of benzene rings is 1. The van der Waals surface area contributed by atoms with Gasteiger partial charge in [0.15, 0.2) is 5.82 Å². The van der Waals surface area contributed by atoms with Crippen molar-refractivity contribution in [1.29, 1.82) is 0 Å². The third kappa shape index (κ3) is 4.39. The lowest BCUT2D eigenvalue weighted by molar-refractivity contribution is 0.0952. The Morgan fingerprint density at radius 1 is 1.22 bits per heavy atom. The Morgan fingerprint density at radius 2 is 2.04 bits per heavy atom. The number of rotatable bonds is 7. The summed E-state index contributed by atoms with van der Waals surface area (Å²) in [7, 11) is 0. The average Bonchev–Trinajstić information content (AvgIpc) is 3.25. The van der Waals surface area contributed by atoms with Crippen LogP contribution in [0.3, 0.4) is 0 Å². The molecule has 142 valence electrons. The van der Waals surface area contributed by atoms with Gasteiger partial charge < -0.3 is 5.32 Å². The summed E-state index contributed by atoms with van der Waals surface area (Å²) in [6.45, 7) is 9.41. The zero-order chi connectivity index (χ0) is 19.4. The van der Waals surface area contributed by atoms with Gasteiger partial charge in [-0.1, -0.05) is 12.1 Å². The molecule has 2 aromatic heterocycles. The summed E-state index contributed by atoms with van der Waals surface area (Å²) in [6.07, 6.45) is 0.818. The summed E-state index contributed by atoms with van der Waals surface area (Å²) in [5.41, 5.74) is 3.56. The molecule has 0 unspecified atom stereocenters. The lowest BCUT2D eigenvalue weighted by Crippen LogP contribution is -2.25. The van der Waals surface area contributed by atoms with Crippen LogP contribution in [0.15, 0.2) is 30.3 Å². The van der Waals surface area contributed by atoms with Crippen LogP contribution in [0, 0.1) is 13.8 Å². The van der Waals surface area contributed by atoms with Gasteiger partial charge in [-0.15, -0.1) is 5.10 Å². The molecule has 0 aliphatic rings. The van der Waals surface area contributed by atoms with Crippen molar-refractivity contribution in [3.8, 4) is 11.4 Å². The Kier molecular flexibility index (Phi) is 5.63. The van der Waals surface area contributed by atoms with Gasteiger partial charge in [0.2, 0.25) is 0 Å². The molecule has 0 saturated carbocycles. The van der Waals surface area contributed by atoms with E-state index in [2.05, 4.69) is 32.0 Å². The summed E-state index contributed by atoms with van der Waals surface area (Å²) >= 11 is 0. The van der Waals surface area contributed by atoms with E-state index in [0.717, 1.165) is 29.9 Å². The molecular formula is C19H25N7O. The number of tetrazole rings is 1. The van der Waals surface area contributed by atoms with Gasteiger partial charge in [0.25, 0.3) is 5.91 Å². The van der Waals surface area contributed by atoms with E-state index in [1.54, 1.807) is 10.7 Å². The second-order valence-corrected chi connectivity index (χ2v) is 6.88. The molecule has 0 fully saturated rings. The molecule has 0 saturated heterocycles. The normalized spacial score (nSPS) is 11.1. The van der Waals surface area contributed by atoms with Gasteiger partial charge in [-0.05, 0) is 62.7 Å². The fourth-order valence-electron chi connectivity index (χ4n) is 2.97. The third-order valence-corrected chi connectivity index (χ3v) is 4.30. The lowest BCUT2D eigenvalue weighted by atomic mass is 10.1. The van der Waals surface area contributed by atoms with Crippen LogP contribution in [0.5, 0.6) is 0 Å². The molecule has 3 rings (SSSR count). The molecule has 0 atom stereocenters. The first-order valence-corrected chi connectivity index (χ1v) is 9.13. The maximum atomic E-state index is 12.5. The van der Waals surface area contributed by atoms with E-state index < -0.39 is 0 Å². The van der Waals surface area contributed by atoms with Crippen LogP contribution in [0.1, 0.15) is 48.1 Å². The number of hydrogen-bond donors (Lipinski definition) is 1. The number of hydrogen-bond acceptors (Lipinski definition) is 5. The summed E-state index contributed by atoms with van der Waals surface area (Å²) in [4.78, 5) is 12.5. The fraction of sp³-hybridized carbons (Fsp3) is 0.421. The van der Waals surface area contributed by atoms with Crippen molar-refractivity contribution in [2.75, 3.05) is 6.54 Å². The molecule has 3 aromatic rings. The van der Waals surface area contributed by atoms with Crippen LogP contribution in [0.4, 0.5) is 0 Å². The lowest BCUT2D eigenvalue weighted by Gasteiger charge is -2.10. The molecule has 0 aliphatic carbocycles. The van der Waals surface area contributed by atoms with Gasteiger partial charge in [-0.2, -0.15) is 5.10 Å². The van der Waals surface area contributed by atoms with Gasteiger partial charge in [-0.3, -0.25) is 9.48 Å². The third-order valence-electron chi connectivity index (χ3n) is 4.30. The summed E-state index contributed by atoms with van der Waals surface area (Å²) in [5, 5.41) is 19.2. The van der Waals surface area contributed by atoms with Gasteiger partial charge in [-0.25, -0.2) is 4.68 Å². The first-order valence-electron chi connectivity index (χ1n) is 9.13. The number of nitrogens with one attached hydrogen (secondary N) is 1.